The van der Waals surface area contributed by atoms with Gasteiger partial charge in [-0.05, 0) is 23.6 Å². The van der Waals surface area contributed by atoms with E-state index in [0.717, 1.165) is 5.69 Å². The Hall–Kier alpha value is -1.81. The van der Waals surface area contributed by atoms with Crippen molar-refractivity contribution < 1.29 is 0 Å². The lowest BCUT2D eigenvalue weighted by molar-refractivity contribution is 0.867. The van der Waals surface area contributed by atoms with E-state index in [0.29, 0.717) is 16.8 Å². The quantitative estimate of drug-likeness (QED) is 0.887. The standard InChI is InChI=1S/C13H15ClN4/c1-8(2)9-3-5-10(6-4-9)18-13-11(14)12(15)16-7-17-13/h3-8H,1-2H3,(H3,15,16,17,18). The molecule has 4 nitrogen and oxygen atoms in total. The number of benzene rings is 1. The summed E-state index contributed by atoms with van der Waals surface area (Å²) in [5, 5.41) is 3.45. The number of hydrogen-bond acceptors (Lipinski definition) is 4. The van der Waals surface area contributed by atoms with Gasteiger partial charge in [0.2, 0.25) is 0 Å². The van der Waals surface area contributed by atoms with Crippen LogP contribution in [0.2, 0.25) is 5.02 Å². The maximum atomic E-state index is 6.01. The molecule has 1 aromatic heterocycles. The van der Waals surface area contributed by atoms with Gasteiger partial charge in [0.05, 0.1) is 0 Å². The lowest BCUT2D eigenvalue weighted by Crippen LogP contribution is -1.99. The van der Waals surface area contributed by atoms with Crippen molar-refractivity contribution in [3.8, 4) is 0 Å². The molecule has 3 N–H and O–H groups in total. The predicted molar refractivity (Wildman–Crippen MR) is 75.3 cm³/mol. The average Bonchev–Trinajstić information content (AvgIpc) is 2.36. The first-order valence-corrected chi connectivity index (χ1v) is 6.08. The number of aromatic nitrogens is 2. The molecule has 1 heterocycles. The van der Waals surface area contributed by atoms with E-state index in [1.54, 1.807) is 0 Å². The van der Waals surface area contributed by atoms with Gasteiger partial charge in [-0.3, -0.25) is 0 Å². The molecule has 2 rings (SSSR count). The first kappa shape index (κ1) is 12.6. The van der Waals surface area contributed by atoms with Crippen LogP contribution in [0.5, 0.6) is 0 Å². The van der Waals surface area contributed by atoms with Gasteiger partial charge in [-0.25, -0.2) is 9.97 Å². The van der Waals surface area contributed by atoms with Gasteiger partial charge in [-0.2, -0.15) is 0 Å². The van der Waals surface area contributed by atoms with Crippen molar-refractivity contribution in [3.05, 3.63) is 41.2 Å². The summed E-state index contributed by atoms with van der Waals surface area (Å²) in [6.45, 7) is 4.31. The summed E-state index contributed by atoms with van der Waals surface area (Å²) in [7, 11) is 0. The van der Waals surface area contributed by atoms with Crippen molar-refractivity contribution in [1.82, 2.24) is 9.97 Å². The van der Waals surface area contributed by atoms with Crippen molar-refractivity contribution in [2.75, 3.05) is 11.1 Å². The fourth-order valence-electron chi connectivity index (χ4n) is 1.56. The monoisotopic (exact) mass is 262 g/mol. The number of nitrogens with zero attached hydrogens (tertiary/aromatic N) is 2. The SMILES string of the molecule is CC(C)c1ccc(Nc2ncnc(N)c2Cl)cc1. The summed E-state index contributed by atoms with van der Waals surface area (Å²) in [6, 6.07) is 8.13. The van der Waals surface area contributed by atoms with E-state index in [1.165, 1.54) is 11.9 Å². The number of nitrogen functional groups attached to an aromatic ring is 1. The highest BCUT2D eigenvalue weighted by atomic mass is 35.5. The van der Waals surface area contributed by atoms with Gasteiger partial charge in [-0.15, -0.1) is 0 Å². The third-order valence-electron chi connectivity index (χ3n) is 2.66. The van der Waals surface area contributed by atoms with Crippen LogP contribution in [0.25, 0.3) is 0 Å². The molecule has 0 aliphatic heterocycles. The summed E-state index contributed by atoms with van der Waals surface area (Å²) < 4.78 is 0. The lowest BCUT2D eigenvalue weighted by atomic mass is 10.0. The Labute approximate surface area is 111 Å². The van der Waals surface area contributed by atoms with E-state index in [4.69, 9.17) is 17.3 Å². The van der Waals surface area contributed by atoms with E-state index >= 15 is 0 Å². The summed E-state index contributed by atoms with van der Waals surface area (Å²) >= 11 is 6.01. The second kappa shape index (κ2) is 5.23. The van der Waals surface area contributed by atoms with Crippen LogP contribution < -0.4 is 11.1 Å². The number of nitrogens with one attached hydrogen (secondary N) is 1. The fraction of sp³-hybridized carbons (Fsp3) is 0.231. The molecule has 0 spiro atoms. The van der Waals surface area contributed by atoms with Crippen LogP contribution in [-0.4, -0.2) is 9.97 Å². The molecule has 2 aromatic rings. The van der Waals surface area contributed by atoms with Gasteiger partial charge in [0, 0.05) is 5.69 Å². The van der Waals surface area contributed by atoms with Gasteiger partial charge < -0.3 is 11.1 Å². The summed E-state index contributed by atoms with van der Waals surface area (Å²) in [6.07, 6.45) is 1.38. The minimum Gasteiger partial charge on any atom is -0.382 e. The Balaban J connectivity index is 2.21. The summed E-state index contributed by atoms with van der Waals surface area (Å²) in [5.41, 5.74) is 7.82. The first-order chi connectivity index (χ1) is 8.58. The molecule has 18 heavy (non-hydrogen) atoms. The maximum absolute atomic E-state index is 6.01. The molecule has 0 fully saturated rings. The third-order valence-corrected chi connectivity index (χ3v) is 3.03. The molecule has 0 amide bonds. The molecule has 0 saturated heterocycles. The minimum absolute atomic E-state index is 0.271. The summed E-state index contributed by atoms with van der Waals surface area (Å²) in [5.74, 6) is 1.30. The van der Waals surface area contributed by atoms with Gasteiger partial charge in [0.15, 0.2) is 5.82 Å². The number of hydrogen-bond donors (Lipinski definition) is 2. The Morgan fingerprint density at radius 3 is 2.44 bits per heavy atom. The second-order valence-electron chi connectivity index (χ2n) is 4.32. The number of nitrogens with two attached hydrogens (primary N) is 1. The number of anilines is 3. The van der Waals surface area contributed by atoms with E-state index in [1.807, 2.05) is 12.1 Å². The maximum Gasteiger partial charge on any atom is 0.154 e. The van der Waals surface area contributed by atoms with Crippen molar-refractivity contribution in [1.29, 1.82) is 0 Å². The van der Waals surface area contributed by atoms with Gasteiger partial charge in [0.1, 0.15) is 17.2 Å². The molecule has 0 atom stereocenters. The van der Waals surface area contributed by atoms with Crippen molar-refractivity contribution >= 4 is 28.9 Å². The molecule has 5 heteroatoms. The van der Waals surface area contributed by atoms with Crippen LogP contribution in [0.1, 0.15) is 25.3 Å². The molecule has 0 saturated carbocycles. The number of rotatable bonds is 3. The zero-order valence-corrected chi connectivity index (χ0v) is 11.1. The van der Waals surface area contributed by atoms with Gasteiger partial charge in [0.25, 0.3) is 0 Å². The Morgan fingerprint density at radius 1 is 1.17 bits per heavy atom. The molecule has 0 aliphatic carbocycles. The molecular formula is C13H15ClN4. The van der Waals surface area contributed by atoms with Gasteiger partial charge in [-0.1, -0.05) is 37.6 Å². The zero-order valence-electron chi connectivity index (χ0n) is 10.3. The van der Waals surface area contributed by atoms with E-state index in [-0.39, 0.29) is 5.82 Å². The van der Waals surface area contributed by atoms with Crippen LogP contribution >= 0.6 is 11.6 Å². The zero-order chi connectivity index (χ0) is 13.1. The Bertz CT molecular complexity index is 537. The van der Waals surface area contributed by atoms with E-state index < -0.39 is 0 Å². The predicted octanol–water partition coefficient (Wildman–Crippen LogP) is 3.58. The lowest BCUT2D eigenvalue weighted by Gasteiger charge is -2.10. The molecule has 0 unspecified atom stereocenters. The van der Waals surface area contributed by atoms with Crippen molar-refractivity contribution in [2.45, 2.75) is 19.8 Å². The average molecular weight is 263 g/mol. The molecule has 0 bridgehead atoms. The first-order valence-electron chi connectivity index (χ1n) is 5.71. The highest BCUT2D eigenvalue weighted by Crippen LogP contribution is 2.27. The largest absolute Gasteiger partial charge is 0.382 e. The third kappa shape index (κ3) is 2.71. The highest BCUT2D eigenvalue weighted by Gasteiger charge is 2.06. The van der Waals surface area contributed by atoms with Crippen molar-refractivity contribution in [2.24, 2.45) is 0 Å². The molecule has 94 valence electrons. The highest BCUT2D eigenvalue weighted by molar-refractivity contribution is 6.35. The van der Waals surface area contributed by atoms with Gasteiger partial charge >= 0.3 is 0 Å². The van der Waals surface area contributed by atoms with Crippen molar-refractivity contribution in [3.63, 3.8) is 0 Å². The Morgan fingerprint density at radius 2 is 1.83 bits per heavy atom. The molecule has 0 radical (unpaired) electrons. The van der Waals surface area contributed by atoms with Crippen LogP contribution in [0.4, 0.5) is 17.3 Å². The smallest absolute Gasteiger partial charge is 0.154 e. The topological polar surface area (TPSA) is 63.8 Å². The normalized spacial score (nSPS) is 10.7. The Kier molecular flexibility index (Phi) is 3.67. The molecule has 1 aromatic carbocycles. The number of halogens is 1. The van der Waals surface area contributed by atoms with Crippen LogP contribution in [0.15, 0.2) is 30.6 Å². The fourth-order valence-corrected chi connectivity index (χ4v) is 1.70. The minimum atomic E-state index is 0.271. The summed E-state index contributed by atoms with van der Waals surface area (Å²) in [4.78, 5) is 7.87. The molecule has 0 aliphatic rings. The van der Waals surface area contributed by atoms with E-state index in [9.17, 15) is 0 Å². The van der Waals surface area contributed by atoms with E-state index in [2.05, 4.69) is 41.3 Å². The second-order valence-corrected chi connectivity index (χ2v) is 4.70. The van der Waals surface area contributed by atoms with Crippen LogP contribution in [0.3, 0.4) is 0 Å². The van der Waals surface area contributed by atoms with Crippen LogP contribution in [0, 0.1) is 0 Å². The molecular weight excluding hydrogens is 248 g/mol. The van der Waals surface area contributed by atoms with Crippen LogP contribution in [-0.2, 0) is 0 Å².